The number of nitrogens with one attached hydrogen (secondary N) is 1. The molecule has 0 aliphatic heterocycles. The van der Waals surface area contributed by atoms with E-state index in [1.165, 1.54) is 30.9 Å². The molecule has 0 spiro atoms. The Morgan fingerprint density at radius 1 is 1.06 bits per heavy atom. The number of nitrogen functional groups attached to an aromatic ring is 1. The molecule has 2 aromatic carbocycles. The third-order valence-electron chi connectivity index (χ3n) is 5.84. The Kier molecular flexibility index (Phi) is 5.90. The SMILES string of the molecule is Nc1ncnc2c1c(Sc1ccc(NS(=O)(=O)c3ccc(F)cc3F)cc1)cn2C1CCCC1. The normalized spacial score (nSPS) is 14.6. The molecular formula is C23H21F2N5O2S2. The van der Waals surface area contributed by atoms with Gasteiger partial charge in [-0.25, -0.2) is 27.2 Å². The highest BCUT2D eigenvalue weighted by atomic mass is 32.2. The van der Waals surface area contributed by atoms with E-state index < -0.39 is 26.6 Å². The molecule has 1 fully saturated rings. The van der Waals surface area contributed by atoms with Gasteiger partial charge in [0, 0.05) is 33.8 Å². The van der Waals surface area contributed by atoms with Crippen LogP contribution in [0.25, 0.3) is 11.0 Å². The molecule has 5 rings (SSSR count). The summed E-state index contributed by atoms with van der Waals surface area (Å²) in [7, 11) is -4.21. The molecule has 1 aliphatic rings. The van der Waals surface area contributed by atoms with Gasteiger partial charge < -0.3 is 10.3 Å². The molecule has 1 aliphatic carbocycles. The van der Waals surface area contributed by atoms with Gasteiger partial charge in [-0.2, -0.15) is 0 Å². The van der Waals surface area contributed by atoms with E-state index in [2.05, 4.69) is 25.5 Å². The van der Waals surface area contributed by atoms with Crippen LogP contribution in [0.5, 0.6) is 0 Å². The standard InChI is InChI=1S/C23H21F2N5O2S2/c24-14-5-10-20(18(25)11-14)34(31,32)29-15-6-8-17(9-7-15)33-19-12-30(16-3-1-2-4-16)23-21(19)22(26)27-13-28-23/h5-13,16,29H,1-4H2,(H2,26,27,28). The van der Waals surface area contributed by atoms with E-state index in [-0.39, 0.29) is 5.69 Å². The number of fused-ring (bicyclic) bond motifs is 1. The van der Waals surface area contributed by atoms with Gasteiger partial charge in [0.15, 0.2) is 0 Å². The van der Waals surface area contributed by atoms with E-state index in [1.807, 2.05) is 0 Å². The van der Waals surface area contributed by atoms with Gasteiger partial charge in [0.1, 0.15) is 34.3 Å². The lowest BCUT2D eigenvalue weighted by atomic mass is 10.2. The Morgan fingerprint density at radius 2 is 1.79 bits per heavy atom. The Balaban J connectivity index is 1.40. The first-order valence-electron chi connectivity index (χ1n) is 10.7. The monoisotopic (exact) mass is 501 g/mol. The van der Waals surface area contributed by atoms with Crippen molar-refractivity contribution in [1.29, 1.82) is 0 Å². The number of nitrogens with two attached hydrogens (primary N) is 1. The van der Waals surface area contributed by atoms with Crippen molar-refractivity contribution < 1.29 is 17.2 Å². The molecule has 0 saturated heterocycles. The van der Waals surface area contributed by atoms with Crippen molar-refractivity contribution >= 4 is 44.3 Å². The van der Waals surface area contributed by atoms with Crippen molar-refractivity contribution in [2.24, 2.45) is 0 Å². The van der Waals surface area contributed by atoms with E-state index in [9.17, 15) is 17.2 Å². The molecule has 11 heteroatoms. The maximum atomic E-state index is 13.9. The van der Waals surface area contributed by atoms with Crippen LogP contribution in [0.3, 0.4) is 0 Å². The van der Waals surface area contributed by atoms with E-state index in [0.717, 1.165) is 45.8 Å². The molecule has 0 unspecified atom stereocenters. The molecule has 0 bridgehead atoms. The average Bonchev–Trinajstić information content (AvgIpc) is 3.43. The lowest BCUT2D eigenvalue weighted by Crippen LogP contribution is -2.14. The molecular weight excluding hydrogens is 480 g/mol. The largest absolute Gasteiger partial charge is 0.383 e. The van der Waals surface area contributed by atoms with Gasteiger partial charge in [0.25, 0.3) is 10.0 Å². The first kappa shape index (κ1) is 22.6. The summed E-state index contributed by atoms with van der Waals surface area (Å²) < 4.78 is 56.6. The van der Waals surface area contributed by atoms with Gasteiger partial charge in [-0.05, 0) is 49.2 Å². The summed E-state index contributed by atoms with van der Waals surface area (Å²) in [5.74, 6) is -1.59. The van der Waals surface area contributed by atoms with Crippen LogP contribution in [0.4, 0.5) is 20.3 Å². The Morgan fingerprint density at radius 3 is 2.50 bits per heavy atom. The molecule has 0 atom stereocenters. The van der Waals surface area contributed by atoms with Crippen LogP contribution in [0.15, 0.2) is 69.7 Å². The minimum absolute atomic E-state index is 0.254. The summed E-state index contributed by atoms with van der Waals surface area (Å²) in [5.41, 5.74) is 7.25. The maximum absolute atomic E-state index is 13.9. The van der Waals surface area contributed by atoms with Crippen LogP contribution in [0.1, 0.15) is 31.7 Å². The van der Waals surface area contributed by atoms with Crippen molar-refractivity contribution in [1.82, 2.24) is 14.5 Å². The highest BCUT2D eigenvalue weighted by Gasteiger charge is 2.23. The fourth-order valence-corrected chi connectivity index (χ4v) is 6.34. The van der Waals surface area contributed by atoms with Gasteiger partial charge in [-0.1, -0.05) is 24.6 Å². The topological polar surface area (TPSA) is 103 Å². The summed E-state index contributed by atoms with van der Waals surface area (Å²) in [5, 5.41) is 0.802. The third-order valence-corrected chi connectivity index (χ3v) is 8.29. The maximum Gasteiger partial charge on any atom is 0.264 e. The van der Waals surface area contributed by atoms with Crippen LogP contribution in [-0.2, 0) is 10.0 Å². The minimum atomic E-state index is -4.21. The number of halogens is 2. The Hall–Kier alpha value is -3.18. The quantitative estimate of drug-likeness (QED) is 0.369. The number of aromatic nitrogens is 3. The highest BCUT2D eigenvalue weighted by Crippen LogP contribution is 2.40. The van der Waals surface area contributed by atoms with Crippen molar-refractivity contribution in [3.05, 3.63) is 66.6 Å². The molecule has 7 nitrogen and oxygen atoms in total. The number of anilines is 2. The van der Waals surface area contributed by atoms with Gasteiger partial charge in [-0.15, -0.1) is 0 Å². The van der Waals surface area contributed by atoms with Crippen LogP contribution < -0.4 is 10.5 Å². The minimum Gasteiger partial charge on any atom is -0.383 e. The predicted molar refractivity (Wildman–Crippen MR) is 127 cm³/mol. The fraction of sp³-hybridized carbons (Fsp3) is 0.217. The van der Waals surface area contributed by atoms with Gasteiger partial charge in [-0.3, -0.25) is 4.72 Å². The van der Waals surface area contributed by atoms with E-state index >= 15 is 0 Å². The number of benzene rings is 2. The second-order valence-corrected chi connectivity index (χ2v) is 10.9. The number of hydrogen-bond acceptors (Lipinski definition) is 6. The zero-order chi connectivity index (χ0) is 23.9. The van der Waals surface area contributed by atoms with E-state index in [1.54, 1.807) is 24.3 Å². The van der Waals surface area contributed by atoms with Gasteiger partial charge in [0.2, 0.25) is 0 Å². The number of hydrogen-bond donors (Lipinski definition) is 2. The Labute approximate surface area is 199 Å². The second kappa shape index (κ2) is 8.88. The molecule has 34 heavy (non-hydrogen) atoms. The van der Waals surface area contributed by atoms with Gasteiger partial charge in [0.05, 0.1) is 5.39 Å². The lowest BCUT2D eigenvalue weighted by molar-refractivity contribution is 0.530. The average molecular weight is 502 g/mol. The molecule has 0 amide bonds. The summed E-state index contributed by atoms with van der Waals surface area (Å²) in [6.07, 6.45) is 8.11. The highest BCUT2D eigenvalue weighted by molar-refractivity contribution is 7.99. The van der Waals surface area contributed by atoms with Crippen LogP contribution in [-0.4, -0.2) is 23.0 Å². The van der Waals surface area contributed by atoms with Crippen LogP contribution >= 0.6 is 11.8 Å². The molecule has 0 radical (unpaired) electrons. The first-order valence-corrected chi connectivity index (χ1v) is 13.0. The summed E-state index contributed by atoms with van der Waals surface area (Å²) in [4.78, 5) is 9.77. The van der Waals surface area contributed by atoms with E-state index in [4.69, 9.17) is 5.73 Å². The molecule has 176 valence electrons. The van der Waals surface area contributed by atoms with Gasteiger partial charge >= 0.3 is 0 Å². The third kappa shape index (κ3) is 4.32. The van der Waals surface area contributed by atoms with Crippen molar-refractivity contribution in [3.63, 3.8) is 0 Å². The second-order valence-electron chi connectivity index (χ2n) is 8.10. The van der Waals surface area contributed by atoms with Crippen molar-refractivity contribution in [3.8, 4) is 0 Å². The molecule has 1 saturated carbocycles. The van der Waals surface area contributed by atoms with Crippen molar-refractivity contribution in [2.45, 2.75) is 46.4 Å². The number of nitrogens with zero attached hydrogens (tertiary/aromatic N) is 3. The first-order chi connectivity index (χ1) is 16.3. The smallest absolute Gasteiger partial charge is 0.264 e. The van der Waals surface area contributed by atoms with Crippen LogP contribution in [0.2, 0.25) is 0 Å². The molecule has 3 N–H and O–H groups in total. The molecule has 2 aromatic heterocycles. The summed E-state index contributed by atoms with van der Waals surface area (Å²) in [6.45, 7) is 0. The lowest BCUT2D eigenvalue weighted by Gasteiger charge is -2.12. The molecule has 2 heterocycles. The number of rotatable bonds is 6. The zero-order valence-electron chi connectivity index (χ0n) is 17.9. The van der Waals surface area contributed by atoms with E-state index in [0.29, 0.717) is 17.9 Å². The van der Waals surface area contributed by atoms with Crippen molar-refractivity contribution in [2.75, 3.05) is 10.5 Å². The fourth-order valence-electron chi connectivity index (χ4n) is 4.23. The Bertz CT molecular complexity index is 1470. The summed E-state index contributed by atoms with van der Waals surface area (Å²) in [6, 6.07) is 9.37. The molecule has 4 aromatic rings. The number of sulfonamides is 1. The summed E-state index contributed by atoms with van der Waals surface area (Å²) >= 11 is 1.48. The zero-order valence-corrected chi connectivity index (χ0v) is 19.5. The predicted octanol–water partition coefficient (Wildman–Crippen LogP) is 5.36. The van der Waals surface area contributed by atoms with Crippen LogP contribution in [0, 0.1) is 11.6 Å².